The summed E-state index contributed by atoms with van der Waals surface area (Å²) in [6.45, 7) is 12.4. The summed E-state index contributed by atoms with van der Waals surface area (Å²) in [5.41, 5.74) is 4.29. The van der Waals surface area contributed by atoms with Crippen molar-refractivity contribution in [2.24, 2.45) is 40.4 Å². The van der Waals surface area contributed by atoms with E-state index in [9.17, 15) is 0 Å². The van der Waals surface area contributed by atoms with Crippen LogP contribution in [0.15, 0.2) is 23.3 Å². The van der Waals surface area contributed by atoms with E-state index in [1.54, 1.807) is 5.57 Å². The van der Waals surface area contributed by atoms with E-state index < -0.39 is 0 Å². The van der Waals surface area contributed by atoms with E-state index in [1.807, 2.05) is 7.11 Å². The lowest BCUT2D eigenvalue weighted by molar-refractivity contribution is -0.0599. The Kier molecular flexibility index (Phi) is 6.11. The average Bonchev–Trinajstić information content (AvgIpc) is 3.04. The minimum atomic E-state index is 0.465. The molecule has 4 rings (SSSR count). The molecule has 7 unspecified atom stereocenters. The summed E-state index contributed by atoms with van der Waals surface area (Å²) in [5, 5.41) is 0. The fourth-order valence-corrected chi connectivity index (χ4v) is 8.64. The zero-order valence-electron chi connectivity index (χ0n) is 20.1. The number of hydrogen-bond donors (Lipinski definition) is 0. The van der Waals surface area contributed by atoms with E-state index >= 15 is 0 Å². The summed E-state index contributed by atoms with van der Waals surface area (Å²) in [6, 6.07) is 0. The number of rotatable bonds is 5. The molecule has 164 valence electrons. The molecule has 0 spiro atoms. The third-order valence-corrected chi connectivity index (χ3v) is 10.3. The molecule has 0 aromatic rings. The van der Waals surface area contributed by atoms with E-state index in [2.05, 4.69) is 46.8 Å². The van der Waals surface area contributed by atoms with Gasteiger partial charge in [0.25, 0.3) is 0 Å². The predicted molar refractivity (Wildman–Crippen MR) is 124 cm³/mol. The molecular weight excluding hydrogens is 352 g/mol. The topological polar surface area (TPSA) is 9.23 Å². The molecule has 1 heteroatoms. The van der Waals surface area contributed by atoms with Crippen molar-refractivity contribution in [1.29, 1.82) is 0 Å². The lowest BCUT2D eigenvalue weighted by atomic mass is 9.47. The third-order valence-electron chi connectivity index (χ3n) is 10.3. The number of methoxy groups -OCH3 is 1. The number of allylic oxidation sites excluding steroid dienone is 3. The van der Waals surface area contributed by atoms with Crippen LogP contribution in [0.1, 0.15) is 98.8 Å². The van der Waals surface area contributed by atoms with E-state index in [0.717, 1.165) is 29.6 Å². The standard InChI is InChI=1S/C28H46O/c1-19(2)8-7-9-20(3)24-12-13-25-23-11-10-21-18-22(29-6)14-16-27(21,4)26(23)15-17-28(24,25)5/h8,10,20,22-26H,7,9,11-18H2,1-6H3/t20-,22?,23?,24?,25?,26?,27?,28?/m1/s1. The van der Waals surface area contributed by atoms with Crippen LogP contribution >= 0.6 is 0 Å². The van der Waals surface area contributed by atoms with Crippen molar-refractivity contribution in [3.8, 4) is 0 Å². The van der Waals surface area contributed by atoms with E-state index in [1.165, 1.54) is 69.8 Å². The van der Waals surface area contributed by atoms with Gasteiger partial charge in [-0.1, -0.05) is 44.1 Å². The van der Waals surface area contributed by atoms with Gasteiger partial charge in [-0.3, -0.25) is 0 Å². The molecule has 0 amide bonds. The quantitative estimate of drug-likeness (QED) is 0.427. The van der Waals surface area contributed by atoms with Crippen LogP contribution in [0.25, 0.3) is 0 Å². The van der Waals surface area contributed by atoms with Crippen LogP contribution in [0.2, 0.25) is 0 Å². The fraction of sp³-hybridized carbons (Fsp3) is 0.857. The molecule has 8 atom stereocenters. The van der Waals surface area contributed by atoms with Gasteiger partial charge in [-0.25, -0.2) is 0 Å². The maximum absolute atomic E-state index is 5.75. The molecule has 4 aliphatic rings. The average molecular weight is 399 g/mol. The zero-order chi connectivity index (χ0) is 20.8. The normalized spacial score (nSPS) is 44.9. The van der Waals surface area contributed by atoms with Crippen molar-refractivity contribution in [3.05, 3.63) is 23.3 Å². The highest BCUT2D eigenvalue weighted by molar-refractivity contribution is 5.25. The first-order chi connectivity index (χ1) is 13.8. The van der Waals surface area contributed by atoms with Crippen LogP contribution in [0.5, 0.6) is 0 Å². The Morgan fingerprint density at radius 3 is 2.66 bits per heavy atom. The SMILES string of the molecule is COC1CCC2(C)C(=CCC3C2CCC2(C)C3CCC2[C@H](C)CCC=C(C)C)C1. The maximum Gasteiger partial charge on any atom is 0.0608 e. The molecule has 1 nitrogen and oxygen atoms in total. The summed E-state index contributed by atoms with van der Waals surface area (Å²) in [6.07, 6.45) is 19.4. The molecule has 0 saturated heterocycles. The van der Waals surface area contributed by atoms with Crippen molar-refractivity contribution in [3.63, 3.8) is 0 Å². The van der Waals surface area contributed by atoms with Gasteiger partial charge in [0.05, 0.1) is 6.10 Å². The van der Waals surface area contributed by atoms with Gasteiger partial charge in [0.2, 0.25) is 0 Å². The Morgan fingerprint density at radius 1 is 1.14 bits per heavy atom. The first-order valence-electron chi connectivity index (χ1n) is 12.6. The Bertz CT molecular complexity index is 655. The molecule has 0 radical (unpaired) electrons. The molecule has 3 saturated carbocycles. The number of ether oxygens (including phenoxy) is 1. The van der Waals surface area contributed by atoms with Gasteiger partial charge in [-0.15, -0.1) is 0 Å². The van der Waals surface area contributed by atoms with Gasteiger partial charge in [0.15, 0.2) is 0 Å². The van der Waals surface area contributed by atoms with Gasteiger partial charge >= 0.3 is 0 Å². The summed E-state index contributed by atoms with van der Waals surface area (Å²) in [4.78, 5) is 0. The molecule has 0 aromatic heterocycles. The Hall–Kier alpha value is -0.560. The molecule has 0 N–H and O–H groups in total. The zero-order valence-corrected chi connectivity index (χ0v) is 20.1. The molecule has 0 aromatic carbocycles. The van der Waals surface area contributed by atoms with E-state index in [0.29, 0.717) is 16.9 Å². The van der Waals surface area contributed by atoms with Crippen LogP contribution in [-0.2, 0) is 4.74 Å². The lowest BCUT2D eigenvalue weighted by Gasteiger charge is -2.58. The first kappa shape index (κ1) is 21.7. The highest BCUT2D eigenvalue weighted by atomic mass is 16.5. The summed E-state index contributed by atoms with van der Waals surface area (Å²) in [5.74, 6) is 4.66. The summed E-state index contributed by atoms with van der Waals surface area (Å²) < 4.78 is 5.75. The Labute approximate surface area is 180 Å². The monoisotopic (exact) mass is 398 g/mol. The molecule has 0 bridgehead atoms. The van der Waals surface area contributed by atoms with Crippen molar-refractivity contribution in [2.75, 3.05) is 7.11 Å². The van der Waals surface area contributed by atoms with Crippen molar-refractivity contribution < 1.29 is 4.74 Å². The first-order valence-corrected chi connectivity index (χ1v) is 12.6. The Balaban J connectivity index is 1.50. The fourth-order valence-electron chi connectivity index (χ4n) is 8.64. The minimum absolute atomic E-state index is 0.465. The summed E-state index contributed by atoms with van der Waals surface area (Å²) in [7, 11) is 1.91. The molecule has 29 heavy (non-hydrogen) atoms. The largest absolute Gasteiger partial charge is 0.381 e. The van der Waals surface area contributed by atoms with Crippen LogP contribution in [-0.4, -0.2) is 13.2 Å². The van der Waals surface area contributed by atoms with E-state index in [4.69, 9.17) is 4.74 Å². The summed E-state index contributed by atoms with van der Waals surface area (Å²) >= 11 is 0. The van der Waals surface area contributed by atoms with Crippen LogP contribution in [0.3, 0.4) is 0 Å². The van der Waals surface area contributed by atoms with Gasteiger partial charge < -0.3 is 4.74 Å². The van der Waals surface area contributed by atoms with Crippen molar-refractivity contribution in [2.45, 2.75) is 105 Å². The molecular formula is C28H46O. The minimum Gasteiger partial charge on any atom is -0.381 e. The van der Waals surface area contributed by atoms with Crippen molar-refractivity contribution in [1.82, 2.24) is 0 Å². The maximum atomic E-state index is 5.75. The van der Waals surface area contributed by atoms with Gasteiger partial charge in [-0.05, 0) is 118 Å². The van der Waals surface area contributed by atoms with Crippen LogP contribution < -0.4 is 0 Å². The molecule has 0 aliphatic heterocycles. The van der Waals surface area contributed by atoms with Gasteiger partial charge in [0, 0.05) is 7.11 Å². The third kappa shape index (κ3) is 3.68. The highest BCUT2D eigenvalue weighted by Gasteiger charge is 2.59. The van der Waals surface area contributed by atoms with E-state index in [-0.39, 0.29) is 0 Å². The van der Waals surface area contributed by atoms with Gasteiger partial charge in [0.1, 0.15) is 0 Å². The molecule has 4 aliphatic carbocycles. The van der Waals surface area contributed by atoms with Gasteiger partial charge in [-0.2, -0.15) is 0 Å². The predicted octanol–water partition coefficient (Wildman–Crippen LogP) is 7.96. The second-order valence-corrected chi connectivity index (χ2v) is 11.9. The molecule has 0 heterocycles. The van der Waals surface area contributed by atoms with Crippen LogP contribution in [0, 0.1) is 40.4 Å². The Morgan fingerprint density at radius 2 is 1.93 bits per heavy atom. The second-order valence-electron chi connectivity index (χ2n) is 11.9. The molecule has 3 fully saturated rings. The number of fused-ring (bicyclic) bond motifs is 5. The highest BCUT2D eigenvalue weighted by Crippen LogP contribution is 2.67. The van der Waals surface area contributed by atoms with Crippen molar-refractivity contribution >= 4 is 0 Å². The van der Waals surface area contributed by atoms with Crippen LogP contribution in [0.4, 0.5) is 0 Å². The second kappa shape index (κ2) is 8.18. The smallest absolute Gasteiger partial charge is 0.0608 e. The lowest BCUT2D eigenvalue weighted by Crippen LogP contribution is -2.50. The number of hydrogen-bond acceptors (Lipinski definition) is 1.